The number of piperidine rings is 1. The van der Waals surface area contributed by atoms with E-state index in [2.05, 4.69) is 45.6 Å². The number of hydrogen-bond donors (Lipinski definition) is 0. The number of fused-ring (bicyclic) bond motifs is 1. The van der Waals surface area contributed by atoms with Crippen LogP contribution in [-0.4, -0.2) is 35.3 Å². The second kappa shape index (κ2) is 10.3. The van der Waals surface area contributed by atoms with Crippen molar-refractivity contribution < 1.29 is 4.79 Å². The second-order valence-corrected chi connectivity index (χ2v) is 10.6. The third-order valence-corrected chi connectivity index (χ3v) is 8.56. The molecule has 1 saturated heterocycles. The number of nitrogens with zero attached hydrogens (tertiary/aromatic N) is 2. The van der Waals surface area contributed by atoms with Crippen molar-refractivity contribution >= 4 is 27.2 Å². The minimum Gasteiger partial charge on any atom is -0.303 e. The van der Waals surface area contributed by atoms with E-state index in [-0.39, 0.29) is 11.8 Å². The van der Waals surface area contributed by atoms with Gasteiger partial charge in [0.05, 0.1) is 11.6 Å². The van der Waals surface area contributed by atoms with Crippen molar-refractivity contribution in [3.05, 3.63) is 65.3 Å². The molecule has 4 heteroatoms. The molecule has 2 aliphatic rings. The number of hydrogen-bond acceptors (Lipinski definition) is 4. The van der Waals surface area contributed by atoms with E-state index in [9.17, 15) is 4.79 Å². The SMILES string of the molecule is O=C(C1CCCCC1)C(CCN1CCC(c2ccc3sccc3c2)CC1)c1ccccn1. The zero-order chi connectivity index (χ0) is 21.8. The zero-order valence-corrected chi connectivity index (χ0v) is 19.7. The summed E-state index contributed by atoms with van der Waals surface area (Å²) < 4.78 is 1.38. The molecule has 1 saturated carbocycles. The Morgan fingerprint density at radius 1 is 1.03 bits per heavy atom. The maximum atomic E-state index is 13.4. The zero-order valence-electron chi connectivity index (χ0n) is 18.9. The van der Waals surface area contributed by atoms with Gasteiger partial charge in [-0.1, -0.05) is 37.5 Å². The van der Waals surface area contributed by atoms with E-state index in [4.69, 9.17) is 0 Å². The van der Waals surface area contributed by atoms with Gasteiger partial charge in [0.15, 0.2) is 0 Å². The molecule has 0 bridgehead atoms. The van der Waals surface area contributed by atoms with Gasteiger partial charge in [-0.25, -0.2) is 0 Å². The lowest BCUT2D eigenvalue weighted by Crippen LogP contribution is -2.35. The molecule has 0 amide bonds. The highest BCUT2D eigenvalue weighted by Crippen LogP contribution is 2.34. The summed E-state index contributed by atoms with van der Waals surface area (Å²) in [6, 6.07) is 15.3. The highest BCUT2D eigenvalue weighted by Gasteiger charge is 2.31. The predicted octanol–water partition coefficient (Wildman–Crippen LogP) is 6.80. The predicted molar refractivity (Wildman–Crippen MR) is 133 cm³/mol. The molecule has 32 heavy (non-hydrogen) atoms. The third kappa shape index (κ3) is 4.97. The van der Waals surface area contributed by atoms with Crippen LogP contribution in [0.3, 0.4) is 0 Å². The Labute approximate surface area is 195 Å². The summed E-state index contributed by atoms with van der Waals surface area (Å²) in [4.78, 5) is 20.6. The standard InChI is InChI=1S/C28H34N2OS/c31-28(22-6-2-1-3-7-22)25(26-8-4-5-15-29-26)13-18-30-16-11-21(12-17-30)23-9-10-27-24(20-23)14-19-32-27/h4-5,8-10,14-15,19-22,25H,1-3,6-7,11-13,16-18H2. The molecule has 0 radical (unpaired) electrons. The summed E-state index contributed by atoms with van der Waals surface area (Å²) in [5.74, 6) is 1.31. The van der Waals surface area contributed by atoms with Crippen LogP contribution in [-0.2, 0) is 4.79 Å². The fourth-order valence-corrected chi connectivity index (χ4v) is 6.50. The molecule has 2 aromatic heterocycles. The van der Waals surface area contributed by atoms with E-state index in [1.165, 1.54) is 47.8 Å². The van der Waals surface area contributed by atoms with E-state index in [0.29, 0.717) is 11.7 Å². The van der Waals surface area contributed by atoms with Crippen LogP contribution in [0.2, 0.25) is 0 Å². The van der Waals surface area contributed by atoms with E-state index in [1.54, 1.807) is 0 Å². The molecule has 1 atom stereocenters. The van der Waals surface area contributed by atoms with Gasteiger partial charge in [0.2, 0.25) is 0 Å². The maximum Gasteiger partial charge on any atom is 0.145 e. The minimum absolute atomic E-state index is 0.0435. The van der Waals surface area contributed by atoms with Crippen LogP contribution in [0.25, 0.3) is 10.1 Å². The number of ketones is 1. The topological polar surface area (TPSA) is 33.2 Å². The molecular weight excluding hydrogens is 412 g/mol. The van der Waals surface area contributed by atoms with Gasteiger partial charge < -0.3 is 4.90 Å². The van der Waals surface area contributed by atoms with Gasteiger partial charge in [-0.3, -0.25) is 9.78 Å². The molecule has 3 heterocycles. The number of aromatic nitrogens is 1. The number of carbonyl (C=O) groups is 1. The molecule has 1 aliphatic heterocycles. The Kier molecular flexibility index (Phi) is 6.99. The van der Waals surface area contributed by atoms with Crippen molar-refractivity contribution in [1.82, 2.24) is 9.88 Å². The highest BCUT2D eigenvalue weighted by atomic mass is 32.1. The van der Waals surface area contributed by atoms with Gasteiger partial charge in [-0.2, -0.15) is 0 Å². The Morgan fingerprint density at radius 2 is 1.88 bits per heavy atom. The van der Waals surface area contributed by atoms with Crippen LogP contribution < -0.4 is 0 Å². The molecule has 0 spiro atoms. The number of Topliss-reactive ketones (excluding diaryl/α,β-unsaturated/α-hetero) is 1. The normalized spacial score (nSPS) is 19.9. The van der Waals surface area contributed by atoms with E-state index in [0.717, 1.165) is 44.6 Å². The van der Waals surface area contributed by atoms with Gasteiger partial charge >= 0.3 is 0 Å². The number of pyridine rings is 1. The van der Waals surface area contributed by atoms with Crippen LogP contribution in [0.5, 0.6) is 0 Å². The summed E-state index contributed by atoms with van der Waals surface area (Å²) in [6.45, 7) is 3.24. The molecule has 3 aromatic rings. The molecule has 2 fully saturated rings. The first-order chi connectivity index (χ1) is 15.8. The number of carbonyl (C=O) groups excluding carboxylic acids is 1. The highest BCUT2D eigenvalue weighted by molar-refractivity contribution is 7.17. The fourth-order valence-electron chi connectivity index (χ4n) is 5.73. The molecule has 168 valence electrons. The average molecular weight is 447 g/mol. The van der Waals surface area contributed by atoms with E-state index in [1.807, 2.05) is 29.7 Å². The van der Waals surface area contributed by atoms with Gasteiger partial charge in [0.1, 0.15) is 5.78 Å². The van der Waals surface area contributed by atoms with E-state index >= 15 is 0 Å². The Morgan fingerprint density at radius 3 is 2.66 bits per heavy atom. The van der Waals surface area contributed by atoms with Gasteiger partial charge in [-0.15, -0.1) is 11.3 Å². The number of rotatable bonds is 7. The number of benzene rings is 1. The van der Waals surface area contributed by atoms with Crippen molar-refractivity contribution in [3.8, 4) is 0 Å². The first kappa shape index (κ1) is 21.8. The van der Waals surface area contributed by atoms with Gasteiger partial charge in [0.25, 0.3) is 0 Å². The van der Waals surface area contributed by atoms with Crippen LogP contribution in [0.1, 0.15) is 74.5 Å². The lowest BCUT2D eigenvalue weighted by Gasteiger charge is -2.33. The molecule has 1 aromatic carbocycles. The summed E-state index contributed by atoms with van der Waals surface area (Å²) in [5, 5.41) is 3.57. The van der Waals surface area contributed by atoms with Crippen molar-refractivity contribution in [2.75, 3.05) is 19.6 Å². The smallest absolute Gasteiger partial charge is 0.145 e. The third-order valence-electron chi connectivity index (χ3n) is 7.67. The summed E-state index contributed by atoms with van der Waals surface area (Å²) in [7, 11) is 0. The van der Waals surface area contributed by atoms with Crippen molar-refractivity contribution in [1.29, 1.82) is 0 Å². The lowest BCUT2D eigenvalue weighted by atomic mass is 9.79. The molecule has 3 nitrogen and oxygen atoms in total. The van der Waals surface area contributed by atoms with Crippen LogP contribution in [0.4, 0.5) is 0 Å². The van der Waals surface area contributed by atoms with Crippen LogP contribution in [0.15, 0.2) is 54.0 Å². The molecular formula is C28H34N2OS. The Hall–Kier alpha value is -2.04. The first-order valence-corrected chi connectivity index (χ1v) is 13.3. The number of thiophene rings is 1. The van der Waals surface area contributed by atoms with Crippen molar-refractivity contribution in [3.63, 3.8) is 0 Å². The summed E-state index contributed by atoms with van der Waals surface area (Å²) in [5.41, 5.74) is 2.47. The molecule has 0 N–H and O–H groups in total. The monoisotopic (exact) mass is 446 g/mol. The average Bonchev–Trinajstić information content (AvgIpc) is 3.34. The van der Waals surface area contributed by atoms with Crippen LogP contribution in [0, 0.1) is 5.92 Å². The fraction of sp³-hybridized carbons (Fsp3) is 0.500. The second-order valence-electron chi connectivity index (χ2n) is 9.67. The molecule has 1 unspecified atom stereocenters. The van der Waals surface area contributed by atoms with Crippen LogP contribution >= 0.6 is 11.3 Å². The maximum absolute atomic E-state index is 13.4. The Bertz CT molecular complexity index is 1020. The van der Waals surface area contributed by atoms with Crippen molar-refractivity contribution in [2.24, 2.45) is 5.92 Å². The lowest BCUT2D eigenvalue weighted by molar-refractivity contribution is -0.125. The van der Waals surface area contributed by atoms with E-state index < -0.39 is 0 Å². The van der Waals surface area contributed by atoms with Gasteiger partial charge in [0, 0.05) is 16.8 Å². The quantitative estimate of drug-likeness (QED) is 0.400. The van der Waals surface area contributed by atoms with Crippen molar-refractivity contribution in [2.45, 2.75) is 63.2 Å². The summed E-state index contributed by atoms with van der Waals surface area (Å²) in [6.07, 6.45) is 11.0. The van der Waals surface area contributed by atoms with Gasteiger partial charge in [-0.05, 0) is 98.3 Å². The first-order valence-electron chi connectivity index (χ1n) is 12.4. The molecule has 1 aliphatic carbocycles. The number of likely N-dealkylation sites (tertiary alicyclic amines) is 1. The largest absolute Gasteiger partial charge is 0.303 e. The Balaban J connectivity index is 1.19. The minimum atomic E-state index is -0.0435. The molecule has 5 rings (SSSR count). The summed E-state index contributed by atoms with van der Waals surface area (Å²) >= 11 is 1.82.